The minimum atomic E-state index is -0.861. The Hall–Kier alpha value is -1.10. The molecule has 1 saturated heterocycles. The maximum Gasteiger partial charge on any atom is 0.307 e. The number of likely N-dealkylation sites (tertiary alicyclic amines) is 1. The molecule has 1 saturated carbocycles. The lowest BCUT2D eigenvalue weighted by Gasteiger charge is -2.31. The zero-order valence-electron chi connectivity index (χ0n) is 13.6. The van der Waals surface area contributed by atoms with Crippen molar-refractivity contribution in [1.29, 1.82) is 0 Å². The Kier molecular flexibility index (Phi) is 4.61. The van der Waals surface area contributed by atoms with E-state index in [1.807, 2.05) is 13.8 Å². The van der Waals surface area contributed by atoms with E-state index >= 15 is 0 Å². The lowest BCUT2D eigenvalue weighted by molar-refractivity contribution is -0.140. The van der Waals surface area contributed by atoms with Crippen molar-refractivity contribution in [1.82, 2.24) is 10.2 Å². The molecule has 21 heavy (non-hydrogen) atoms. The summed E-state index contributed by atoms with van der Waals surface area (Å²) in [6, 6.07) is 0.349. The van der Waals surface area contributed by atoms with E-state index in [-0.39, 0.29) is 11.8 Å². The van der Waals surface area contributed by atoms with Gasteiger partial charge in [0.05, 0.1) is 11.8 Å². The third-order valence-electron chi connectivity index (χ3n) is 5.24. The molecule has 0 radical (unpaired) electrons. The fourth-order valence-corrected chi connectivity index (χ4v) is 3.76. The average Bonchev–Trinajstić information content (AvgIpc) is 2.76. The first-order valence-corrected chi connectivity index (χ1v) is 8.01. The number of carboxylic acid groups (broad SMARTS) is 1. The lowest BCUT2D eigenvalue weighted by Crippen LogP contribution is -2.46. The molecule has 1 heterocycles. The van der Waals surface area contributed by atoms with Crippen molar-refractivity contribution in [3.8, 4) is 0 Å². The second-order valence-electron chi connectivity index (χ2n) is 7.41. The van der Waals surface area contributed by atoms with Crippen LogP contribution in [0, 0.1) is 23.2 Å². The van der Waals surface area contributed by atoms with E-state index in [2.05, 4.69) is 24.1 Å². The van der Waals surface area contributed by atoms with Gasteiger partial charge in [-0.2, -0.15) is 0 Å². The third kappa shape index (κ3) is 3.23. The molecule has 3 unspecified atom stereocenters. The van der Waals surface area contributed by atoms with Crippen LogP contribution in [0.1, 0.15) is 40.5 Å². The summed E-state index contributed by atoms with van der Waals surface area (Å²) in [5, 5.41) is 12.2. The van der Waals surface area contributed by atoms with Crippen molar-refractivity contribution >= 4 is 11.9 Å². The normalized spacial score (nSPS) is 29.4. The minimum absolute atomic E-state index is 0.0998. The standard InChI is InChI=1S/C16H28N2O3/c1-10(2)11(18-7-5-6-8-18)9-17-14(19)12-13(15(20)21)16(12,3)4/h10-13H,5-9H2,1-4H3,(H,17,19)(H,20,21). The van der Waals surface area contributed by atoms with Gasteiger partial charge in [-0.25, -0.2) is 0 Å². The monoisotopic (exact) mass is 296 g/mol. The number of rotatable bonds is 6. The number of aliphatic carboxylic acids is 1. The van der Waals surface area contributed by atoms with Gasteiger partial charge >= 0.3 is 5.97 Å². The van der Waals surface area contributed by atoms with Crippen LogP contribution in [0.3, 0.4) is 0 Å². The molecule has 120 valence electrons. The van der Waals surface area contributed by atoms with Crippen LogP contribution >= 0.6 is 0 Å². The van der Waals surface area contributed by atoms with Gasteiger partial charge < -0.3 is 10.4 Å². The molecule has 0 aromatic heterocycles. The molecule has 1 aliphatic heterocycles. The molecular formula is C16H28N2O3. The predicted molar refractivity (Wildman–Crippen MR) is 80.8 cm³/mol. The SMILES string of the molecule is CC(C)C(CNC(=O)C1C(C(=O)O)C1(C)C)N1CCCC1. The van der Waals surface area contributed by atoms with Crippen LogP contribution in [0.5, 0.6) is 0 Å². The van der Waals surface area contributed by atoms with Gasteiger partial charge in [0.25, 0.3) is 0 Å². The van der Waals surface area contributed by atoms with Crippen LogP contribution in [0.25, 0.3) is 0 Å². The largest absolute Gasteiger partial charge is 0.481 e. The second kappa shape index (κ2) is 5.95. The lowest BCUT2D eigenvalue weighted by atomic mass is 10.0. The quantitative estimate of drug-likeness (QED) is 0.781. The molecule has 1 amide bonds. The summed E-state index contributed by atoms with van der Waals surface area (Å²) < 4.78 is 0. The molecule has 0 aromatic carbocycles. The smallest absolute Gasteiger partial charge is 0.307 e. The highest BCUT2D eigenvalue weighted by molar-refractivity contribution is 5.91. The first-order valence-electron chi connectivity index (χ1n) is 8.01. The van der Waals surface area contributed by atoms with Crippen molar-refractivity contribution in [2.45, 2.75) is 46.6 Å². The molecule has 0 spiro atoms. The fraction of sp³-hybridized carbons (Fsp3) is 0.875. The molecule has 2 rings (SSSR count). The Morgan fingerprint density at radius 3 is 2.24 bits per heavy atom. The van der Waals surface area contributed by atoms with Gasteiger partial charge in [0, 0.05) is 12.6 Å². The van der Waals surface area contributed by atoms with E-state index in [1.54, 1.807) is 0 Å². The van der Waals surface area contributed by atoms with E-state index in [1.165, 1.54) is 12.8 Å². The van der Waals surface area contributed by atoms with Crippen LogP contribution in [0.2, 0.25) is 0 Å². The Morgan fingerprint density at radius 2 is 1.81 bits per heavy atom. The summed E-state index contributed by atoms with van der Waals surface area (Å²) in [4.78, 5) is 25.9. The maximum atomic E-state index is 12.3. The summed E-state index contributed by atoms with van der Waals surface area (Å²) in [5.41, 5.74) is -0.420. The van der Waals surface area contributed by atoms with Crippen LogP contribution in [-0.2, 0) is 9.59 Å². The van der Waals surface area contributed by atoms with E-state index in [0.29, 0.717) is 18.5 Å². The predicted octanol–water partition coefficient (Wildman–Crippen LogP) is 1.58. The molecule has 1 aliphatic carbocycles. The minimum Gasteiger partial charge on any atom is -0.481 e. The summed E-state index contributed by atoms with van der Waals surface area (Å²) in [7, 11) is 0. The molecule has 2 aliphatic rings. The summed E-state index contributed by atoms with van der Waals surface area (Å²) >= 11 is 0. The van der Waals surface area contributed by atoms with Crippen molar-refractivity contribution < 1.29 is 14.7 Å². The second-order valence-corrected chi connectivity index (χ2v) is 7.41. The summed E-state index contributed by atoms with van der Waals surface area (Å²) in [6.45, 7) is 10.9. The van der Waals surface area contributed by atoms with Crippen molar-refractivity contribution in [2.24, 2.45) is 23.2 Å². The Labute approximate surface area is 127 Å². The number of carbonyl (C=O) groups excluding carboxylic acids is 1. The van der Waals surface area contributed by atoms with E-state index < -0.39 is 17.3 Å². The van der Waals surface area contributed by atoms with Gasteiger partial charge in [0.15, 0.2) is 0 Å². The molecule has 3 atom stereocenters. The first kappa shape index (κ1) is 16.3. The zero-order chi connectivity index (χ0) is 15.8. The van der Waals surface area contributed by atoms with Crippen molar-refractivity contribution in [3.63, 3.8) is 0 Å². The van der Waals surface area contributed by atoms with Gasteiger partial charge in [-0.3, -0.25) is 14.5 Å². The van der Waals surface area contributed by atoms with Crippen LogP contribution in [0.15, 0.2) is 0 Å². The van der Waals surface area contributed by atoms with Crippen LogP contribution < -0.4 is 5.32 Å². The third-order valence-corrected chi connectivity index (χ3v) is 5.24. The van der Waals surface area contributed by atoms with Gasteiger partial charge in [-0.15, -0.1) is 0 Å². The van der Waals surface area contributed by atoms with Gasteiger partial charge in [-0.05, 0) is 37.3 Å². The molecule has 0 bridgehead atoms. The number of hydrogen-bond acceptors (Lipinski definition) is 3. The molecule has 5 heteroatoms. The molecule has 0 aromatic rings. The number of hydrogen-bond donors (Lipinski definition) is 2. The van der Waals surface area contributed by atoms with Crippen LogP contribution in [-0.4, -0.2) is 47.6 Å². The van der Waals surface area contributed by atoms with E-state index in [0.717, 1.165) is 13.1 Å². The van der Waals surface area contributed by atoms with Crippen molar-refractivity contribution in [2.75, 3.05) is 19.6 Å². The maximum absolute atomic E-state index is 12.3. The average molecular weight is 296 g/mol. The molecule has 2 fully saturated rings. The highest BCUT2D eigenvalue weighted by Crippen LogP contribution is 2.58. The summed E-state index contributed by atoms with van der Waals surface area (Å²) in [6.07, 6.45) is 2.46. The van der Waals surface area contributed by atoms with Crippen molar-refractivity contribution in [3.05, 3.63) is 0 Å². The highest BCUT2D eigenvalue weighted by Gasteiger charge is 2.65. The highest BCUT2D eigenvalue weighted by atomic mass is 16.4. The molecular weight excluding hydrogens is 268 g/mol. The van der Waals surface area contributed by atoms with E-state index in [4.69, 9.17) is 5.11 Å². The van der Waals surface area contributed by atoms with Gasteiger partial charge in [0.2, 0.25) is 5.91 Å². The molecule has 2 N–H and O–H groups in total. The number of nitrogens with zero attached hydrogens (tertiary/aromatic N) is 1. The van der Waals surface area contributed by atoms with Gasteiger partial charge in [0.1, 0.15) is 0 Å². The molecule has 5 nitrogen and oxygen atoms in total. The zero-order valence-corrected chi connectivity index (χ0v) is 13.6. The number of carboxylic acids is 1. The summed E-state index contributed by atoms with van der Waals surface area (Å²) in [5.74, 6) is -1.41. The Balaban J connectivity index is 1.89. The van der Waals surface area contributed by atoms with Crippen LogP contribution in [0.4, 0.5) is 0 Å². The Bertz CT molecular complexity index is 414. The number of amides is 1. The Morgan fingerprint density at radius 1 is 1.24 bits per heavy atom. The van der Waals surface area contributed by atoms with E-state index in [9.17, 15) is 9.59 Å². The topological polar surface area (TPSA) is 69.6 Å². The fourth-order valence-electron chi connectivity index (χ4n) is 3.76. The number of nitrogens with one attached hydrogen (secondary N) is 1. The van der Waals surface area contributed by atoms with Gasteiger partial charge in [-0.1, -0.05) is 27.7 Å². The first-order chi connectivity index (χ1) is 9.76. The number of carbonyl (C=O) groups is 2.